The first-order valence-electron chi connectivity index (χ1n) is 12.5. The first-order chi connectivity index (χ1) is 15.1. The first-order valence-corrected chi connectivity index (χ1v) is 12.5. The van der Waals surface area contributed by atoms with Gasteiger partial charge in [0.2, 0.25) is 0 Å². The molecule has 3 fully saturated rings. The maximum atomic E-state index is 13.3. The van der Waals surface area contributed by atoms with Crippen LogP contribution in [0.4, 0.5) is 0 Å². The number of hydrogen-bond acceptors (Lipinski definition) is 4. The van der Waals surface area contributed by atoms with Gasteiger partial charge in [-0.1, -0.05) is 51.2 Å². The molecule has 3 aliphatic heterocycles. The average Bonchev–Trinajstić information content (AvgIpc) is 3.41. The number of aliphatic hydroxyl groups is 1. The van der Waals surface area contributed by atoms with E-state index in [4.69, 9.17) is 4.74 Å². The second-order valence-corrected chi connectivity index (χ2v) is 10.5. The van der Waals surface area contributed by atoms with E-state index in [0.29, 0.717) is 24.3 Å². The van der Waals surface area contributed by atoms with Crippen LogP contribution in [0.3, 0.4) is 0 Å². The molecule has 5 nitrogen and oxygen atoms in total. The minimum atomic E-state index is -0.311. The number of rotatable bonds is 5. The zero-order valence-electron chi connectivity index (χ0n) is 18.9. The molecule has 2 N–H and O–H groups in total. The summed E-state index contributed by atoms with van der Waals surface area (Å²) in [5.41, 5.74) is 3.20. The third kappa shape index (κ3) is 4.42. The molecule has 0 bridgehead atoms. The number of nitrogens with one attached hydrogen (secondary N) is 1. The van der Waals surface area contributed by atoms with Crippen molar-refractivity contribution in [2.45, 2.75) is 70.6 Å². The summed E-state index contributed by atoms with van der Waals surface area (Å²) in [5.74, 6) is 2.74. The molecule has 0 radical (unpaired) electrons. The van der Waals surface area contributed by atoms with Crippen molar-refractivity contribution in [1.29, 1.82) is 0 Å². The monoisotopic (exact) mass is 426 g/mol. The third-order valence-electron chi connectivity index (χ3n) is 8.59. The molecule has 4 aliphatic rings. The highest BCUT2D eigenvalue weighted by Crippen LogP contribution is 2.35. The predicted octanol–water partition coefficient (Wildman–Crippen LogP) is 3.39. The molecular formula is C26H38N2O3. The van der Waals surface area contributed by atoms with Crippen molar-refractivity contribution in [1.82, 2.24) is 10.2 Å². The quantitative estimate of drug-likeness (QED) is 0.758. The summed E-state index contributed by atoms with van der Waals surface area (Å²) in [6, 6.07) is 6.24. The second kappa shape index (κ2) is 9.21. The van der Waals surface area contributed by atoms with Crippen molar-refractivity contribution >= 4 is 5.91 Å². The molecule has 0 spiro atoms. The smallest absolute Gasteiger partial charge is 0.254 e. The molecule has 2 saturated heterocycles. The lowest BCUT2D eigenvalue weighted by Gasteiger charge is -2.34. The van der Waals surface area contributed by atoms with Gasteiger partial charge in [0, 0.05) is 43.1 Å². The number of carbonyl (C=O) groups excluding carboxylic acids is 1. The standard InChI is InChI=1S/C26H38N2O3/c1-2-17-6-8-18(9-7-17)10-25(29)24-11-19-4-3-5-22(23(19)12-27-24)26(30)28-13-20-15-31-16-21(20)14-28/h3-5,17-18,20-21,24-25,27,29H,2,6-16H2,1H3/t17?,18?,20?,21?,24-,25+/m0/s1. The van der Waals surface area contributed by atoms with Gasteiger partial charge in [-0.05, 0) is 41.9 Å². The topological polar surface area (TPSA) is 61.8 Å². The molecular weight excluding hydrogens is 388 g/mol. The lowest BCUT2D eigenvalue weighted by atomic mass is 9.77. The Bertz CT molecular complexity index is 777. The summed E-state index contributed by atoms with van der Waals surface area (Å²) >= 11 is 0. The maximum absolute atomic E-state index is 13.3. The Morgan fingerprint density at radius 3 is 2.58 bits per heavy atom. The molecule has 170 valence electrons. The van der Waals surface area contributed by atoms with Crippen LogP contribution in [-0.2, 0) is 17.7 Å². The van der Waals surface area contributed by atoms with Crippen LogP contribution in [-0.4, -0.2) is 54.4 Å². The van der Waals surface area contributed by atoms with Crippen LogP contribution in [0.1, 0.15) is 66.9 Å². The van der Waals surface area contributed by atoms with E-state index in [1.165, 1.54) is 37.7 Å². The highest BCUT2D eigenvalue weighted by molar-refractivity contribution is 5.96. The highest BCUT2D eigenvalue weighted by atomic mass is 16.5. The number of ether oxygens (including phenoxy) is 1. The number of fused-ring (bicyclic) bond motifs is 2. The Morgan fingerprint density at radius 2 is 1.87 bits per heavy atom. The summed E-state index contributed by atoms with van der Waals surface area (Å²) in [7, 11) is 0. The van der Waals surface area contributed by atoms with E-state index in [9.17, 15) is 9.90 Å². The van der Waals surface area contributed by atoms with E-state index < -0.39 is 0 Å². The molecule has 1 amide bonds. The van der Waals surface area contributed by atoms with Crippen LogP contribution in [0.15, 0.2) is 18.2 Å². The van der Waals surface area contributed by atoms with E-state index in [1.807, 2.05) is 17.0 Å². The number of benzene rings is 1. The zero-order valence-corrected chi connectivity index (χ0v) is 18.9. The molecule has 31 heavy (non-hydrogen) atoms. The van der Waals surface area contributed by atoms with Gasteiger partial charge in [0.25, 0.3) is 5.91 Å². The molecule has 1 saturated carbocycles. The Hall–Kier alpha value is -1.43. The Balaban J connectivity index is 1.21. The van der Waals surface area contributed by atoms with Gasteiger partial charge in [-0.2, -0.15) is 0 Å². The summed E-state index contributed by atoms with van der Waals surface area (Å²) in [6.07, 6.45) is 7.87. The van der Waals surface area contributed by atoms with Gasteiger partial charge >= 0.3 is 0 Å². The average molecular weight is 427 g/mol. The molecule has 3 heterocycles. The fourth-order valence-electron chi connectivity index (χ4n) is 6.45. The Labute approximate surface area is 186 Å². The van der Waals surface area contributed by atoms with Crippen LogP contribution >= 0.6 is 0 Å². The summed E-state index contributed by atoms with van der Waals surface area (Å²) in [6.45, 7) is 6.20. The Kier molecular flexibility index (Phi) is 6.36. The highest BCUT2D eigenvalue weighted by Gasteiger charge is 2.40. The number of nitrogens with zero attached hydrogens (tertiary/aromatic N) is 1. The minimum Gasteiger partial charge on any atom is -0.391 e. The lowest BCUT2D eigenvalue weighted by molar-refractivity contribution is 0.0746. The Morgan fingerprint density at radius 1 is 1.16 bits per heavy atom. The molecule has 1 aromatic carbocycles. The van der Waals surface area contributed by atoms with Crippen LogP contribution in [0.5, 0.6) is 0 Å². The molecule has 0 aromatic heterocycles. The van der Waals surface area contributed by atoms with Gasteiger partial charge in [-0.3, -0.25) is 4.79 Å². The van der Waals surface area contributed by atoms with Crippen LogP contribution in [0.2, 0.25) is 0 Å². The number of amides is 1. The largest absolute Gasteiger partial charge is 0.391 e. The van der Waals surface area contributed by atoms with Crippen molar-refractivity contribution in [2.75, 3.05) is 26.3 Å². The third-order valence-corrected chi connectivity index (χ3v) is 8.59. The molecule has 4 atom stereocenters. The lowest BCUT2D eigenvalue weighted by Crippen LogP contribution is -2.46. The molecule has 5 heteroatoms. The predicted molar refractivity (Wildman–Crippen MR) is 121 cm³/mol. The van der Waals surface area contributed by atoms with Gasteiger partial charge < -0.3 is 20.1 Å². The molecule has 5 rings (SSSR count). The van der Waals surface area contributed by atoms with Gasteiger partial charge in [0.15, 0.2) is 0 Å². The summed E-state index contributed by atoms with van der Waals surface area (Å²) in [5, 5.41) is 14.5. The van der Waals surface area contributed by atoms with E-state index >= 15 is 0 Å². The SMILES string of the molecule is CCC1CCC(C[C@@H](O)[C@@H]2Cc3cccc(C(=O)N4CC5COCC5C4)c3CN2)CC1. The number of aliphatic hydroxyl groups excluding tert-OH is 1. The number of hydrogen-bond donors (Lipinski definition) is 2. The first kappa shape index (κ1) is 21.4. The van der Waals surface area contributed by atoms with Crippen molar-refractivity contribution in [3.05, 3.63) is 34.9 Å². The van der Waals surface area contributed by atoms with E-state index in [0.717, 1.165) is 56.2 Å². The van der Waals surface area contributed by atoms with Gasteiger partial charge in [0.05, 0.1) is 19.3 Å². The van der Waals surface area contributed by atoms with Crippen LogP contribution in [0.25, 0.3) is 0 Å². The second-order valence-electron chi connectivity index (χ2n) is 10.5. The van der Waals surface area contributed by atoms with Crippen molar-refractivity contribution in [3.8, 4) is 0 Å². The normalized spacial score (nSPS) is 33.7. The fraction of sp³-hybridized carbons (Fsp3) is 0.731. The van der Waals surface area contributed by atoms with E-state index in [1.54, 1.807) is 0 Å². The molecule has 1 aliphatic carbocycles. The van der Waals surface area contributed by atoms with E-state index in [-0.39, 0.29) is 18.1 Å². The molecule has 2 unspecified atom stereocenters. The van der Waals surface area contributed by atoms with Crippen LogP contribution < -0.4 is 5.32 Å². The van der Waals surface area contributed by atoms with Crippen LogP contribution in [0, 0.1) is 23.7 Å². The number of carbonyl (C=O) groups is 1. The zero-order chi connectivity index (χ0) is 21.4. The van der Waals surface area contributed by atoms with Crippen molar-refractivity contribution in [3.63, 3.8) is 0 Å². The number of likely N-dealkylation sites (tertiary alicyclic amines) is 1. The summed E-state index contributed by atoms with van der Waals surface area (Å²) < 4.78 is 5.56. The van der Waals surface area contributed by atoms with Crippen molar-refractivity contribution in [2.24, 2.45) is 23.7 Å². The minimum absolute atomic E-state index is 0.0880. The van der Waals surface area contributed by atoms with Gasteiger partial charge in [-0.25, -0.2) is 0 Å². The van der Waals surface area contributed by atoms with Gasteiger partial charge in [-0.15, -0.1) is 0 Å². The van der Waals surface area contributed by atoms with Crippen molar-refractivity contribution < 1.29 is 14.6 Å². The van der Waals surface area contributed by atoms with Gasteiger partial charge in [0.1, 0.15) is 0 Å². The summed E-state index contributed by atoms with van der Waals surface area (Å²) in [4.78, 5) is 15.3. The maximum Gasteiger partial charge on any atom is 0.254 e. The fourth-order valence-corrected chi connectivity index (χ4v) is 6.45. The molecule has 1 aromatic rings. The van der Waals surface area contributed by atoms with E-state index in [2.05, 4.69) is 18.3 Å².